The van der Waals surface area contributed by atoms with Gasteiger partial charge in [-0.15, -0.1) is 11.3 Å². The Kier molecular flexibility index (Phi) is 5.39. The first-order valence-electron chi connectivity index (χ1n) is 9.72. The van der Waals surface area contributed by atoms with E-state index in [0.29, 0.717) is 23.3 Å². The van der Waals surface area contributed by atoms with Gasteiger partial charge in [0.25, 0.3) is 5.56 Å². The van der Waals surface area contributed by atoms with Crippen molar-refractivity contribution in [3.8, 4) is 22.9 Å². The Labute approximate surface area is 178 Å². The van der Waals surface area contributed by atoms with E-state index in [0.717, 1.165) is 38.6 Å². The third-order valence-corrected chi connectivity index (χ3v) is 6.38. The van der Waals surface area contributed by atoms with Crippen molar-refractivity contribution in [2.24, 2.45) is 0 Å². The van der Waals surface area contributed by atoms with Crippen LogP contribution in [0.5, 0.6) is 5.75 Å². The van der Waals surface area contributed by atoms with Crippen LogP contribution in [0.4, 0.5) is 0 Å². The van der Waals surface area contributed by atoms with E-state index >= 15 is 0 Å². The molecule has 5 nitrogen and oxygen atoms in total. The van der Waals surface area contributed by atoms with Crippen LogP contribution in [0.3, 0.4) is 0 Å². The second-order valence-electron chi connectivity index (χ2n) is 7.03. The number of hydrogen-bond donors (Lipinski definition) is 0. The number of fused-ring (bicyclic) bond motifs is 1. The standard InChI is InChI=1S/C24H21N3O2S/c1-4-20-21(18-9-6-10-19(12-18)29-3)22-23(30-20)26-15(2)27(24(22)28)14-17-8-5-7-16(11-17)13-25/h5-12H,4,14H2,1-3H3. The lowest BCUT2D eigenvalue weighted by molar-refractivity contribution is 0.415. The minimum absolute atomic E-state index is 0.0615. The number of hydrogen-bond acceptors (Lipinski definition) is 5. The zero-order valence-electron chi connectivity index (χ0n) is 17.1. The van der Waals surface area contributed by atoms with Crippen molar-refractivity contribution in [1.29, 1.82) is 5.26 Å². The van der Waals surface area contributed by atoms with Gasteiger partial charge in [-0.05, 0) is 48.7 Å². The summed E-state index contributed by atoms with van der Waals surface area (Å²) in [6, 6.07) is 17.3. The lowest BCUT2D eigenvalue weighted by atomic mass is 10.0. The molecule has 30 heavy (non-hydrogen) atoms. The molecule has 6 heteroatoms. The third kappa shape index (κ3) is 3.49. The molecule has 2 heterocycles. The zero-order chi connectivity index (χ0) is 21.3. The SMILES string of the molecule is CCc1sc2nc(C)n(Cc3cccc(C#N)c3)c(=O)c2c1-c1cccc(OC)c1. The Morgan fingerprint density at radius 1 is 1.20 bits per heavy atom. The molecule has 4 aromatic rings. The lowest BCUT2D eigenvalue weighted by Gasteiger charge is -2.11. The molecule has 0 aliphatic rings. The van der Waals surface area contributed by atoms with Gasteiger partial charge in [-0.25, -0.2) is 4.98 Å². The molecule has 0 spiro atoms. The molecule has 150 valence electrons. The Morgan fingerprint density at radius 3 is 2.73 bits per heavy atom. The number of rotatable bonds is 5. The fourth-order valence-corrected chi connectivity index (χ4v) is 4.84. The Balaban J connectivity index is 1.94. The van der Waals surface area contributed by atoms with Crippen molar-refractivity contribution in [1.82, 2.24) is 9.55 Å². The van der Waals surface area contributed by atoms with Gasteiger partial charge in [-0.3, -0.25) is 9.36 Å². The van der Waals surface area contributed by atoms with E-state index in [1.54, 1.807) is 29.1 Å². The van der Waals surface area contributed by atoms with E-state index in [4.69, 9.17) is 9.72 Å². The molecule has 0 aliphatic carbocycles. The van der Waals surface area contributed by atoms with E-state index in [9.17, 15) is 10.1 Å². The van der Waals surface area contributed by atoms with Crippen LogP contribution < -0.4 is 10.3 Å². The predicted molar refractivity (Wildman–Crippen MR) is 120 cm³/mol. The average Bonchev–Trinajstić information content (AvgIpc) is 3.15. The summed E-state index contributed by atoms with van der Waals surface area (Å²) in [6.07, 6.45) is 0.816. The molecule has 0 radical (unpaired) electrons. The van der Waals surface area contributed by atoms with E-state index in [-0.39, 0.29) is 5.56 Å². The van der Waals surface area contributed by atoms with Gasteiger partial charge in [-0.1, -0.05) is 31.2 Å². The van der Waals surface area contributed by atoms with Gasteiger partial charge in [0.05, 0.1) is 30.7 Å². The van der Waals surface area contributed by atoms with Crippen LogP contribution in [0.15, 0.2) is 53.3 Å². The molecule has 4 rings (SSSR count). The van der Waals surface area contributed by atoms with E-state index in [1.165, 1.54) is 0 Å². The predicted octanol–water partition coefficient (Wildman–Crippen LogP) is 4.92. The first kappa shape index (κ1) is 19.9. The maximum atomic E-state index is 13.6. The van der Waals surface area contributed by atoms with Crippen molar-refractivity contribution >= 4 is 21.6 Å². The minimum atomic E-state index is -0.0615. The molecule has 0 fully saturated rings. The van der Waals surface area contributed by atoms with Crippen LogP contribution in [0.2, 0.25) is 0 Å². The van der Waals surface area contributed by atoms with Gasteiger partial charge >= 0.3 is 0 Å². The van der Waals surface area contributed by atoms with E-state index in [2.05, 4.69) is 13.0 Å². The largest absolute Gasteiger partial charge is 0.497 e. The molecule has 0 atom stereocenters. The molecule has 2 aromatic heterocycles. The summed E-state index contributed by atoms with van der Waals surface area (Å²) in [7, 11) is 1.64. The summed E-state index contributed by atoms with van der Waals surface area (Å²) >= 11 is 1.57. The lowest BCUT2D eigenvalue weighted by Crippen LogP contribution is -2.24. The smallest absolute Gasteiger partial charge is 0.263 e. The van der Waals surface area contributed by atoms with Gasteiger partial charge in [0.1, 0.15) is 16.4 Å². The van der Waals surface area contributed by atoms with E-state index in [1.807, 2.05) is 49.4 Å². The van der Waals surface area contributed by atoms with Crippen molar-refractivity contribution in [2.75, 3.05) is 7.11 Å². The number of nitriles is 1. The first-order chi connectivity index (χ1) is 14.5. The highest BCUT2D eigenvalue weighted by molar-refractivity contribution is 7.19. The van der Waals surface area contributed by atoms with Crippen molar-refractivity contribution < 1.29 is 4.74 Å². The zero-order valence-corrected chi connectivity index (χ0v) is 17.9. The number of aromatic nitrogens is 2. The third-order valence-electron chi connectivity index (χ3n) is 5.15. The van der Waals surface area contributed by atoms with Crippen LogP contribution >= 0.6 is 11.3 Å². The number of methoxy groups -OCH3 is 1. The van der Waals surface area contributed by atoms with Gasteiger partial charge in [0.15, 0.2) is 0 Å². The summed E-state index contributed by atoms with van der Waals surface area (Å²) in [5.74, 6) is 1.42. The quantitative estimate of drug-likeness (QED) is 0.464. The summed E-state index contributed by atoms with van der Waals surface area (Å²) in [5.41, 5.74) is 3.31. The number of nitrogens with zero attached hydrogens (tertiary/aromatic N) is 3. The maximum Gasteiger partial charge on any atom is 0.263 e. The summed E-state index contributed by atoms with van der Waals surface area (Å²) in [6.45, 7) is 4.32. The summed E-state index contributed by atoms with van der Waals surface area (Å²) < 4.78 is 7.08. The second-order valence-corrected chi connectivity index (χ2v) is 8.11. The van der Waals surface area contributed by atoms with Crippen molar-refractivity contribution in [3.63, 3.8) is 0 Å². The molecule has 0 aliphatic heterocycles. The van der Waals surface area contributed by atoms with Gasteiger partial charge in [0, 0.05) is 10.4 Å². The Bertz CT molecular complexity index is 1350. The number of aryl methyl sites for hydroxylation is 2. The second kappa shape index (κ2) is 8.13. The van der Waals surface area contributed by atoms with Crippen LogP contribution in [-0.4, -0.2) is 16.7 Å². The van der Waals surface area contributed by atoms with Gasteiger partial charge in [-0.2, -0.15) is 5.26 Å². The fraction of sp³-hybridized carbons (Fsp3) is 0.208. The first-order valence-corrected chi connectivity index (χ1v) is 10.5. The van der Waals surface area contributed by atoms with Crippen LogP contribution in [-0.2, 0) is 13.0 Å². The maximum absolute atomic E-state index is 13.6. The fourth-order valence-electron chi connectivity index (χ4n) is 3.67. The van der Waals surface area contributed by atoms with Crippen LogP contribution in [0, 0.1) is 18.3 Å². The monoisotopic (exact) mass is 415 g/mol. The summed E-state index contributed by atoms with van der Waals surface area (Å²) in [4.78, 5) is 20.3. The molecule has 2 aromatic carbocycles. The molecule has 0 saturated carbocycles. The van der Waals surface area contributed by atoms with E-state index < -0.39 is 0 Å². The molecule has 0 unspecified atom stereocenters. The minimum Gasteiger partial charge on any atom is -0.497 e. The molecule has 0 N–H and O–H groups in total. The number of thiophene rings is 1. The van der Waals surface area contributed by atoms with Gasteiger partial charge in [0.2, 0.25) is 0 Å². The number of ether oxygens (including phenoxy) is 1. The topological polar surface area (TPSA) is 67.9 Å². The Morgan fingerprint density at radius 2 is 2.00 bits per heavy atom. The highest BCUT2D eigenvalue weighted by atomic mass is 32.1. The molecular formula is C24H21N3O2S. The highest BCUT2D eigenvalue weighted by Gasteiger charge is 2.20. The van der Waals surface area contributed by atoms with Crippen molar-refractivity contribution in [3.05, 3.63) is 80.7 Å². The van der Waals surface area contributed by atoms with Crippen LogP contribution in [0.1, 0.15) is 28.8 Å². The van der Waals surface area contributed by atoms with Crippen molar-refractivity contribution in [2.45, 2.75) is 26.8 Å². The Hall–Kier alpha value is -3.43. The molecule has 0 saturated heterocycles. The van der Waals surface area contributed by atoms with Crippen LogP contribution in [0.25, 0.3) is 21.3 Å². The number of benzene rings is 2. The van der Waals surface area contributed by atoms with Gasteiger partial charge < -0.3 is 4.74 Å². The highest BCUT2D eigenvalue weighted by Crippen LogP contribution is 2.37. The average molecular weight is 416 g/mol. The molecule has 0 amide bonds. The molecular weight excluding hydrogens is 394 g/mol. The normalized spacial score (nSPS) is 10.9. The molecule has 0 bridgehead atoms. The summed E-state index contributed by atoms with van der Waals surface area (Å²) in [5, 5.41) is 9.82.